The van der Waals surface area contributed by atoms with Gasteiger partial charge in [-0.3, -0.25) is 9.59 Å². The number of anilines is 1. The molecule has 0 aromatic heterocycles. The van der Waals surface area contributed by atoms with Crippen molar-refractivity contribution in [1.29, 1.82) is 0 Å². The molecule has 104 valence electrons. The van der Waals surface area contributed by atoms with Crippen LogP contribution in [0.25, 0.3) is 0 Å². The lowest BCUT2D eigenvalue weighted by molar-refractivity contribution is -0.135. The quantitative estimate of drug-likeness (QED) is 0.745. The SMILES string of the molecule is CCCN(CC(=O)NC)C(=O)Cc1cccc(N)c1. The van der Waals surface area contributed by atoms with Crippen molar-refractivity contribution in [2.45, 2.75) is 19.8 Å². The van der Waals surface area contributed by atoms with Gasteiger partial charge in [-0.1, -0.05) is 19.1 Å². The van der Waals surface area contributed by atoms with Crippen LogP contribution >= 0.6 is 0 Å². The third-order valence-corrected chi connectivity index (χ3v) is 2.77. The molecule has 1 aromatic rings. The van der Waals surface area contributed by atoms with E-state index in [1.165, 1.54) is 0 Å². The topological polar surface area (TPSA) is 75.4 Å². The predicted molar refractivity (Wildman–Crippen MR) is 75.5 cm³/mol. The molecule has 0 atom stereocenters. The van der Waals surface area contributed by atoms with Gasteiger partial charge in [0.1, 0.15) is 0 Å². The molecule has 19 heavy (non-hydrogen) atoms. The summed E-state index contributed by atoms with van der Waals surface area (Å²) < 4.78 is 0. The lowest BCUT2D eigenvalue weighted by Crippen LogP contribution is -2.40. The van der Waals surface area contributed by atoms with Gasteiger partial charge in [0.25, 0.3) is 0 Å². The third kappa shape index (κ3) is 4.99. The maximum absolute atomic E-state index is 12.2. The van der Waals surface area contributed by atoms with Crippen molar-refractivity contribution in [2.24, 2.45) is 0 Å². The van der Waals surface area contributed by atoms with E-state index < -0.39 is 0 Å². The summed E-state index contributed by atoms with van der Waals surface area (Å²) in [6.07, 6.45) is 1.09. The molecule has 0 spiro atoms. The molecule has 0 saturated carbocycles. The Morgan fingerprint density at radius 2 is 2.11 bits per heavy atom. The van der Waals surface area contributed by atoms with Crippen LogP contribution in [-0.4, -0.2) is 36.9 Å². The Kier molecular flexibility index (Phi) is 5.85. The highest BCUT2D eigenvalue weighted by atomic mass is 16.2. The van der Waals surface area contributed by atoms with Crippen LogP contribution in [0.3, 0.4) is 0 Å². The second-order valence-electron chi connectivity index (χ2n) is 4.41. The molecule has 0 heterocycles. The first-order chi connectivity index (χ1) is 9.06. The largest absolute Gasteiger partial charge is 0.399 e. The van der Waals surface area contributed by atoms with Crippen molar-refractivity contribution >= 4 is 17.5 Å². The highest BCUT2D eigenvalue weighted by Crippen LogP contribution is 2.09. The third-order valence-electron chi connectivity index (χ3n) is 2.77. The molecule has 3 N–H and O–H groups in total. The first kappa shape index (κ1) is 15.0. The minimum atomic E-state index is -0.158. The van der Waals surface area contributed by atoms with Crippen molar-refractivity contribution < 1.29 is 9.59 Å². The van der Waals surface area contributed by atoms with Gasteiger partial charge in [-0.25, -0.2) is 0 Å². The van der Waals surface area contributed by atoms with E-state index >= 15 is 0 Å². The number of nitrogens with zero attached hydrogens (tertiary/aromatic N) is 1. The van der Waals surface area contributed by atoms with Gasteiger partial charge in [0.05, 0.1) is 13.0 Å². The van der Waals surface area contributed by atoms with Crippen molar-refractivity contribution in [1.82, 2.24) is 10.2 Å². The number of rotatable bonds is 6. The molecule has 5 heteroatoms. The Balaban J connectivity index is 2.68. The molecule has 2 amide bonds. The monoisotopic (exact) mass is 263 g/mol. The molecule has 0 fully saturated rings. The van der Waals surface area contributed by atoms with E-state index in [9.17, 15) is 9.59 Å². The molecule has 0 radical (unpaired) electrons. The van der Waals surface area contributed by atoms with Crippen molar-refractivity contribution in [2.75, 3.05) is 25.9 Å². The predicted octanol–water partition coefficient (Wildman–Crippen LogP) is 0.796. The normalized spacial score (nSPS) is 10.0. The van der Waals surface area contributed by atoms with Gasteiger partial charge in [-0.05, 0) is 24.1 Å². The van der Waals surface area contributed by atoms with E-state index in [0.717, 1.165) is 12.0 Å². The van der Waals surface area contributed by atoms with Crippen molar-refractivity contribution in [3.05, 3.63) is 29.8 Å². The number of benzene rings is 1. The molecule has 0 aliphatic carbocycles. The molecule has 1 rings (SSSR count). The summed E-state index contributed by atoms with van der Waals surface area (Å²) in [4.78, 5) is 25.1. The molecule has 0 bridgehead atoms. The van der Waals surface area contributed by atoms with Crippen molar-refractivity contribution in [3.8, 4) is 0 Å². The van der Waals surface area contributed by atoms with E-state index in [1.807, 2.05) is 19.1 Å². The van der Waals surface area contributed by atoms with E-state index in [1.54, 1.807) is 24.1 Å². The highest BCUT2D eigenvalue weighted by Gasteiger charge is 2.16. The Labute approximate surface area is 113 Å². The zero-order chi connectivity index (χ0) is 14.3. The summed E-state index contributed by atoms with van der Waals surface area (Å²) in [5.74, 6) is -0.217. The molecular formula is C14H21N3O2. The summed E-state index contributed by atoms with van der Waals surface area (Å²) in [6.45, 7) is 2.66. The van der Waals surface area contributed by atoms with Crippen LogP contribution in [0.5, 0.6) is 0 Å². The number of nitrogens with one attached hydrogen (secondary N) is 1. The molecule has 5 nitrogen and oxygen atoms in total. The average Bonchev–Trinajstić information content (AvgIpc) is 2.38. The molecule has 0 aliphatic heterocycles. The molecule has 0 aliphatic rings. The van der Waals surface area contributed by atoms with Crippen LogP contribution in [0.2, 0.25) is 0 Å². The number of nitrogens with two attached hydrogens (primary N) is 1. The second kappa shape index (κ2) is 7.41. The Morgan fingerprint density at radius 1 is 1.37 bits per heavy atom. The van der Waals surface area contributed by atoms with Crippen LogP contribution < -0.4 is 11.1 Å². The molecule has 1 aromatic carbocycles. The zero-order valence-electron chi connectivity index (χ0n) is 11.5. The first-order valence-electron chi connectivity index (χ1n) is 6.39. The smallest absolute Gasteiger partial charge is 0.239 e. The summed E-state index contributed by atoms with van der Waals surface area (Å²) in [5, 5.41) is 2.53. The number of nitrogen functional groups attached to an aromatic ring is 1. The fraction of sp³-hybridized carbons (Fsp3) is 0.429. The van der Waals surface area contributed by atoms with Gasteiger partial charge in [0, 0.05) is 19.3 Å². The summed E-state index contributed by atoms with van der Waals surface area (Å²) in [5.41, 5.74) is 7.18. The standard InChI is InChI=1S/C14H21N3O2/c1-3-7-17(10-13(18)16-2)14(19)9-11-5-4-6-12(15)8-11/h4-6,8H,3,7,9-10,15H2,1-2H3,(H,16,18). The molecule has 0 saturated heterocycles. The maximum atomic E-state index is 12.2. The number of carbonyl (C=O) groups is 2. The number of likely N-dealkylation sites (N-methyl/N-ethyl adjacent to an activating group) is 1. The minimum Gasteiger partial charge on any atom is -0.399 e. The van der Waals surface area contributed by atoms with E-state index in [2.05, 4.69) is 5.32 Å². The van der Waals surface area contributed by atoms with Crippen LogP contribution in [0.15, 0.2) is 24.3 Å². The fourth-order valence-electron chi connectivity index (χ4n) is 1.80. The lowest BCUT2D eigenvalue weighted by Gasteiger charge is -2.21. The Morgan fingerprint density at radius 3 is 2.68 bits per heavy atom. The lowest BCUT2D eigenvalue weighted by atomic mass is 10.1. The van der Waals surface area contributed by atoms with Gasteiger partial charge < -0.3 is 16.0 Å². The fourth-order valence-corrected chi connectivity index (χ4v) is 1.80. The summed E-state index contributed by atoms with van der Waals surface area (Å²) >= 11 is 0. The van der Waals surface area contributed by atoms with Crippen LogP contribution in [0, 0.1) is 0 Å². The number of hydrogen-bond donors (Lipinski definition) is 2. The van der Waals surface area contributed by atoms with Crippen molar-refractivity contribution in [3.63, 3.8) is 0 Å². The Bertz CT molecular complexity index is 446. The highest BCUT2D eigenvalue weighted by molar-refractivity contribution is 5.85. The maximum Gasteiger partial charge on any atom is 0.239 e. The number of hydrogen-bond acceptors (Lipinski definition) is 3. The minimum absolute atomic E-state index is 0.0592. The molecular weight excluding hydrogens is 242 g/mol. The van der Waals surface area contributed by atoms with Gasteiger partial charge in [0.2, 0.25) is 11.8 Å². The van der Waals surface area contributed by atoms with Crippen LogP contribution in [0.1, 0.15) is 18.9 Å². The van der Waals surface area contributed by atoms with Gasteiger partial charge in [-0.2, -0.15) is 0 Å². The van der Waals surface area contributed by atoms with E-state index in [0.29, 0.717) is 12.2 Å². The van der Waals surface area contributed by atoms with Gasteiger partial charge in [0.15, 0.2) is 0 Å². The number of carbonyl (C=O) groups excluding carboxylic acids is 2. The Hall–Kier alpha value is -2.04. The second-order valence-corrected chi connectivity index (χ2v) is 4.41. The number of amides is 2. The summed E-state index contributed by atoms with van der Waals surface area (Å²) in [7, 11) is 1.56. The van der Waals surface area contributed by atoms with Crippen LogP contribution in [-0.2, 0) is 16.0 Å². The molecule has 0 unspecified atom stereocenters. The van der Waals surface area contributed by atoms with Gasteiger partial charge >= 0.3 is 0 Å². The summed E-state index contributed by atoms with van der Waals surface area (Å²) in [6, 6.07) is 7.24. The zero-order valence-corrected chi connectivity index (χ0v) is 11.5. The average molecular weight is 263 g/mol. The van der Waals surface area contributed by atoms with E-state index in [-0.39, 0.29) is 24.8 Å². The van der Waals surface area contributed by atoms with E-state index in [4.69, 9.17) is 5.73 Å². The first-order valence-corrected chi connectivity index (χ1v) is 6.39. The van der Waals surface area contributed by atoms with Crippen LogP contribution in [0.4, 0.5) is 5.69 Å². The van der Waals surface area contributed by atoms with Gasteiger partial charge in [-0.15, -0.1) is 0 Å².